The molecule has 1 rings (SSSR count). The van der Waals surface area contributed by atoms with E-state index in [1.807, 2.05) is 13.8 Å². The Kier molecular flexibility index (Phi) is 5.09. The zero-order chi connectivity index (χ0) is 12.8. The molecule has 0 saturated heterocycles. The van der Waals surface area contributed by atoms with Crippen molar-refractivity contribution in [1.29, 1.82) is 0 Å². The maximum atomic E-state index is 11.7. The van der Waals surface area contributed by atoms with Crippen molar-refractivity contribution < 1.29 is 9.90 Å². The van der Waals surface area contributed by atoms with Crippen molar-refractivity contribution in [2.75, 3.05) is 0 Å². The predicted octanol–water partition coefficient (Wildman–Crippen LogP) is 0.646. The number of carbonyl (C=O) groups is 1. The van der Waals surface area contributed by atoms with E-state index >= 15 is 0 Å². The first kappa shape index (κ1) is 13.6. The zero-order valence-corrected chi connectivity index (χ0v) is 10.5. The highest BCUT2D eigenvalue weighted by Crippen LogP contribution is 2.00. The minimum absolute atomic E-state index is 0.101. The Balaban J connectivity index is 2.51. The molecular weight excluding hydrogens is 220 g/mol. The van der Waals surface area contributed by atoms with Crippen LogP contribution in [-0.2, 0) is 6.42 Å². The molecule has 1 aromatic heterocycles. The van der Waals surface area contributed by atoms with E-state index in [-0.39, 0.29) is 17.8 Å². The molecule has 17 heavy (non-hydrogen) atoms. The molecule has 2 atom stereocenters. The number of rotatable bonds is 6. The monoisotopic (exact) mass is 240 g/mol. The van der Waals surface area contributed by atoms with Crippen LogP contribution in [-0.4, -0.2) is 38.3 Å². The van der Waals surface area contributed by atoms with Crippen LogP contribution >= 0.6 is 0 Å². The molecule has 1 heterocycles. The van der Waals surface area contributed by atoms with Gasteiger partial charge in [-0.05, 0) is 26.7 Å². The Hall–Kier alpha value is -1.43. The van der Waals surface area contributed by atoms with Gasteiger partial charge in [0.1, 0.15) is 5.82 Å². The lowest BCUT2D eigenvalue weighted by Gasteiger charge is -2.13. The van der Waals surface area contributed by atoms with E-state index in [0.717, 1.165) is 18.7 Å². The molecule has 6 nitrogen and oxygen atoms in total. The molecule has 96 valence electrons. The number of nitrogens with zero attached hydrogens (tertiary/aromatic N) is 2. The van der Waals surface area contributed by atoms with Gasteiger partial charge in [-0.25, -0.2) is 4.98 Å². The lowest BCUT2D eigenvalue weighted by molar-refractivity contribution is 0.0913. The Morgan fingerprint density at radius 3 is 2.82 bits per heavy atom. The molecule has 0 fully saturated rings. The van der Waals surface area contributed by atoms with Crippen LogP contribution in [0.2, 0.25) is 0 Å². The summed E-state index contributed by atoms with van der Waals surface area (Å²) >= 11 is 0. The van der Waals surface area contributed by atoms with E-state index in [2.05, 4.69) is 20.5 Å². The number of aryl methyl sites for hydroxylation is 1. The summed E-state index contributed by atoms with van der Waals surface area (Å²) in [6.45, 7) is 5.56. The Morgan fingerprint density at radius 1 is 1.53 bits per heavy atom. The first-order valence-electron chi connectivity index (χ1n) is 5.93. The molecule has 0 saturated carbocycles. The zero-order valence-electron chi connectivity index (χ0n) is 10.5. The van der Waals surface area contributed by atoms with E-state index in [9.17, 15) is 9.90 Å². The number of aromatic nitrogens is 3. The van der Waals surface area contributed by atoms with Crippen molar-refractivity contribution in [3.05, 3.63) is 11.6 Å². The van der Waals surface area contributed by atoms with Crippen molar-refractivity contribution in [3.8, 4) is 0 Å². The fourth-order valence-corrected chi connectivity index (χ4v) is 1.60. The summed E-state index contributed by atoms with van der Waals surface area (Å²) in [4.78, 5) is 15.8. The summed E-state index contributed by atoms with van der Waals surface area (Å²) in [6, 6.07) is -0.101. The first-order valence-corrected chi connectivity index (χ1v) is 5.93. The van der Waals surface area contributed by atoms with Gasteiger partial charge in [0.05, 0.1) is 6.10 Å². The molecule has 0 aromatic carbocycles. The molecular formula is C11H20N4O2. The second-order valence-corrected chi connectivity index (χ2v) is 4.31. The number of carbonyl (C=O) groups excluding carboxylic acids is 1. The first-order chi connectivity index (χ1) is 8.02. The fourth-order valence-electron chi connectivity index (χ4n) is 1.60. The van der Waals surface area contributed by atoms with Gasteiger partial charge in [-0.1, -0.05) is 6.92 Å². The quantitative estimate of drug-likeness (QED) is 0.680. The number of amides is 1. The molecule has 0 aliphatic rings. The molecule has 3 N–H and O–H groups in total. The average molecular weight is 240 g/mol. The van der Waals surface area contributed by atoms with E-state index in [1.165, 1.54) is 0 Å². The molecule has 1 aromatic rings. The normalized spacial score (nSPS) is 14.4. The van der Waals surface area contributed by atoms with Gasteiger partial charge in [-0.15, -0.1) is 5.10 Å². The minimum atomic E-state index is -0.437. The van der Waals surface area contributed by atoms with Gasteiger partial charge in [0.2, 0.25) is 5.82 Å². The van der Waals surface area contributed by atoms with Crippen molar-refractivity contribution in [1.82, 2.24) is 20.5 Å². The fraction of sp³-hybridized carbons (Fsp3) is 0.727. The van der Waals surface area contributed by atoms with Crippen LogP contribution in [0.25, 0.3) is 0 Å². The maximum absolute atomic E-state index is 11.7. The minimum Gasteiger partial charge on any atom is -0.393 e. The summed E-state index contributed by atoms with van der Waals surface area (Å²) in [6.07, 6.45) is 1.81. The van der Waals surface area contributed by atoms with Gasteiger partial charge in [-0.3, -0.25) is 9.89 Å². The highest BCUT2D eigenvalue weighted by molar-refractivity contribution is 5.90. The smallest absolute Gasteiger partial charge is 0.291 e. The van der Waals surface area contributed by atoms with Crippen LogP contribution in [0.3, 0.4) is 0 Å². The van der Waals surface area contributed by atoms with Crippen LogP contribution in [0.4, 0.5) is 0 Å². The van der Waals surface area contributed by atoms with Crippen LogP contribution in [0.5, 0.6) is 0 Å². The second-order valence-electron chi connectivity index (χ2n) is 4.31. The van der Waals surface area contributed by atoms with Gasteiger partial charge in [0.15, 0.2) is 0 Å². The molecule has 0 aliphatic carbocycles. The molecule has 2 unspecified atom stereocenters. The largest absolute Gasteiger partial charge is 0.393 e. The number of nitrogens with one attached hydrogen (secondary N) is 2. The third-order valence-electron chi connectivity index (χ3n) is 2.29. The van der Waals surface area contributed by atoms with Gasteiger partial charge in [0, 0.05) is 12.5 Å². The number of hydrogen-bond donors (Lipinski definition) is 3. The number of H-pyrrole nitrogens is 1. The summed E-state index contributed by atoms with van der Waals surface area (Å²) in [5, 5.41) is 18.5. The number of aliphatic hydroxyl groups is 1. The lowest BCUT2D eigenvalue weighted by Crippen LogP contribution is -2.35. The second kappa shape index (κ2) is 6.34. The summed E-state index contributed by atoms with van der Waals surface area (Å²) in [5.41, 5.74) is 0. The highest BCUT2D eigenvalue weighted by Gasteiger charge is 2.15. The highest BCUT2D eigenvalue weighted by atomic mass is 16.3. The van der Waals surface area contributed by atoms with E-state index < -0.39 is 6.10 Å². The van der Waals surface area contributed by atoms with Gasteiger partial charge < -0.3 is 10.4 Å². The maximum Gasteiger partial charge on any atom is 0.291 e. The van der Waals surface area contributed by atoms with Crippen molar-refractivity contribution in [3.63, 3.8) is 0 Å². The van der Waals surface area contributed by atoms with E-state index in [4.69, 9.17) is 0 Å². The molecule has 0 bridgehead atoms. The van der Waals surface area contributed by atoms with Gasteiger partial charge in [-0.2, -0.15) is 0 Å². The summed E-state index contributed by atoms with van der Waals surface area (Å²) < 4.78 is 0. The van der Waals surface area contributed by atoms with Crippen molar-refractivity contribution >= 4 is 5.91 Å². The SMILES string of the molecule is CCCc1nc(C(=O)NC(C)CC(C)O)n[nH]1. The van der Waals surface area contributed by atoms with E-state index in [1.54, 1.807) is 6.92 Å². The Bertz CT molecular complexity index is 362. The number of hydrogen-bond acceptors (Lipinski definition) is 4. The van der Waals surface area contributed by atoms with Crippen molar-refractivity contribution in [2.45, 2.75) is 52.2 Å². The standard InChI is InChI=1S/C11H20N4O2/c1-4-5-9-13-10(15-14-9)11(17)12-7(2)6-8(3)16/h7-8,16H,4-6H2,1-3H3,(H,12,17)(H,13,14,15). The predicted molar refractivity (Wildman–Crippen MR) is 63.6 cm³/mol. The average Bonchev–Trinajstić information content (AvgIpc) is 2.65. The van der Waals surface area contributed by atoms with Crippen LogP contribution in [0.1, 0.15) is 50.1 Å². The van der Waals surface area contributed by atoms with Crippen LogP contribution in [0.15, 0.2) is 0 Å². The topological polar surface area (TPSA) is 90.9 Å². The Morgan fingerprint density at radius 2 is 2.24 bits per heavy atom. The molecule has 1 amide bonds. The van der Waals surface area contributed by atoms with E-state index in [0.29, 0.717) is 6.42 Å². The van der Waals surface area contributed by atoms with Crippen LogP contribution < -0.4 is 5.32 Å². The lowest BCUT2D eigenvalue weighted by atomic mass is 10.1. The summed E-state index contributed by atoms with van der Waals surface area (Å²) in [7, 11) is 0. The third-order valence-corrected chi connectivity index (χ3v) is 2.29. The third kappa shape index (κ3) is 4.52. The van der Waals surface area contributed by atoms with Crippen molar-refractivity contribution in [2.24, 2.45) is 0 Å². The number of aliphatic hydroxyl groups excluding tert-OH is 1. The molecule has 0 radical (unpaired) electrons. The molecule has 0 spiro atoms. The van der Waals surface area contributed by atoms with Gasteiger partial charge in [0.25, 0.3) is 5.91 Å². The number of aromatic amines is 1. The summed E-state index contributed by atoms with van der Waals surface area (Å²) in [5.74, 6) is 0.573. The van der Waals surface area contributed by atoms with Gasteiger partial charge >= 0.3 is 0 Å². The van der Waals surface area contributed by atoms with Crippen LogP contribution in [0, 0.1) is 0 Å². The molecule has 6 heteroatoms. The Labute approximate surface area is 101 Å². The molecule has 0 aliphatic heterocycles.